The van der Waals surface area contributed by atoms with Gasteiger partial charge >= 0.3 is 0 Å². The number of fused-ring (bicyclic) bond motifs is 1. The maximum Gasteiger partial charge on any atom is 0.264 e. The van der Waals surface area contributed by atoms with Gasteiger partial charge in [-0.2, -0.15) is 0 Å². The van der Waals surface area contributed by atoms with E-state index in [1.54, 1.807) is 24.0 Å². The van der Waals surface area contributed by atoms with Gasteiger partial charge < -0.3 is 9.64 Å². The van der Waals surface area contributed by atoms with Crippen molar-refractivity contribution in [1.82, 2.24) is 9.62 Å². The molecule has 3 aliphatic rings. The lowest BCUT2D eigenvalue weighted by Crippen LogP contribution is -2.68. The van der Waals surface area contributed by atoms with Gasteiger partial charge in [0.25, 0.3) is 15.9 Å². The SMILES string of the molecule is CC1(C(=O)NS(=O)(=O)c2ccc3c(c2)CCO3)CCN1C(=O)C1CCCCC1. The minimum Gasteiger partial charge on any atom is -0.493 e. The first kappa shape index (κ1) is 19.2. The zero-order valence-electron chi connectivity index (χ0n) is 16.1. The number of sulfonamides is 1. The van der Waals surface area contributed by atoms with Crippen LogP contribution in [0.2, 0.25) is 0 Å². The molecule has 4 rings (SSSR count). The van der Waals surface area contributed by atoms with Crippen molar-refractivity contribution in [2.24, 2.45) is 5.92 Å². The normalized spacial score (nSPS) is 24.8. The number of nitrogens with zero attached hydrogens (tertiary/aromatic N) is 1. The number of likely N-dealkylation sites (tertiary alicyclic amines) is 1. The average molecular weight is 407 g/mol. The van der Waals surface area contributed by atoms with Crippen LogP contribution in [0.3, 0.4) is 0 Å². The van der Waals surface area contributed by atoms with Gasteiger partial charge in [0.15, 0.2) is 0 Å². The topological polar surface area (TPSA) is 92.8 Å². The second-order valence-electron chi connectivity index (χ2n) is 8.15. The summed E-state index contributed by atoms with van der Waals surface area (Å²) in [6.45, 7) is 2.68. The third-order valence-corrected chi connectivity index (χ3v) is 7.65. The minimum atomic E-state index is -4.01. The largest absolute Gasteiger partial charge is 0.493 e. The standard InChI is InChI=1S/C20H26N2O5S/c1-20(10-11-22(20)18(23)14-5-3-2-4-6-14)19(24)21-28(25,26)16-7-8-17-15(13-16)9-12-27-17/h7-8,13-14H,2-6,9-12H2,1H3,(H,21,24). The Morgan fingerprint density at radius 2 is 1.96 bits per heavy atom. The molecule has 2 aliphatic heterocycles. The van der Waals surface area contributed by atoms with E-state index >= 15 is 0 Å². The number of hydrogen-bond donors (Lipinski definition) is 1. The summed E-state index contributed by atoms with van der Waals surface area (Å²) in [5.74, 6) is -0.0229. The molecular weight excluding hydrogens is 380 g/mol. The Kier molecular flexibility index (Phi) is 4.85. The van der Waals surface area contributed by atoms with Crippen LogP contribution in [0.15, 0.2) is 23.1 Å². The second-order valence-corrected chi connectivity index (χ2v) is 9.83. The molecule has 8 heteroatoms. The minimum absolute atomic E-state index is 0.0179. The third-order valence-electron chi connectivity index (χ3n) is 6.33. The molecule has 0 spiro atoms. The summed E-state index contributed by atoms with van der Waals surface area (Å²) >= 11 is 0. The number of nitrogens with one attached hydrogen (secondary N) is 1. The lowest BCUT2D eigenvalue weighted by atomic mass is 9.81. The highest BCUT2D eigenvalue weighted by molar-refractivity contribution is 7.90. The number of carbonyl (C=O) groups is 2. The summed E-state index contributed by atoms with van der Waals surface area (Å²) in [6, 6.07) is 4.60. The van der Waals surface area contributed by atoms with E-state index in [9.17, 15) is 18.0 Å². The highest BCUT2D eigenvalue weighted by atomic mass is 32.2. The van der Waals surface area contributed by atoms with Crippen LogP contribution in [0, 0.1) is 5.92 Å². The number of carbonyl (C=O) groups excluding carboxylic acids is 2. The molecule has 0 radical (unpaired) electrons. The van der Waals surface area contributed by atoms with Crippen molar-refractivity contribution in [2.45, 2.75) is 62.3 Å². The molecule has 28 heavy (non-hydrogen) atoms. The summed E-state index contributed by atoms with van der Waals surface area (Å²) in [5, 5.41) is 0. The molecule has 0 aromatic heterocycles. The Morgan fingerprint density at radius 3 is 2.64 bits per heavy atom. The van der Waals surface area contributed by atoms with Crippen molar-refractivity contribution in [3.63, 3.8) is 0 Å². The monoisotopic (exact) mass is 406 g/mol. The number of rotatable bonds is 4. The summed E-state index contributed by atoms with van der Waals surface area (Å²) in [4.78, 5) is 27.3. The van der Waals surface area contributed by atoms with Crippen LogP contribution in [0.1, 0.15) is 51.0 Å². The number of amides is 2. The molecule has 1 N–H and O–H groups in total. The predicted octanol–water partition coefficient (Wildman–Crippen LogP) is 2.00. The summed E-state index contributed by atoms with van der Waals surface area (Å²) in [6.07, 6.45) is 6.02. The molecule has 1 saturated carbocycles. The average Bonchev–Trinajstić information content (AvgIpc) is 3.14. The van der Waals surface area contributed by atoms with Gasteiger partial charge in [-0.05, 0) is 49.9 Å². The van der Waals surface area contributed by atoms with Crippen LogP contribution < -0.4 is 9.46 Å². The first-order valence-corrected chi connectivity index (χ1v) is 11.4. The summed E-state index contributed by atoms with van der Waals surface area (Å²) < 4.78 is 33.1. The molecule has 152 valence electrons. The summed E-state index contributed by atoms with van der Waals surface area (Å²) in [7, 11) is -4.01. The lowest BCUT2D eigenvalue weighted by Gasteiger charge is -2.50. The van der Waals surface area contributed by atoms with E-state index in [0.717, 1.165) is 37.7 Å². The van der Waals surface area contributed by atoms with Crippen molar-refractivity contribution in [2.75, 3.05) is 13.2 Å². The molecule has 1 saturated heterocycles. The quantitative estimate of drug-likeness (QED) is 0.826. The number of ether oxygens (including phenoxy) is 1. The molecule has 2 heterocycles. The summed E-state index contributed by atoms with van der Waals surface area (Å²) in [5.41, 5.74) is -0.291. The van der Waals surface area contributed by atoms with Crippen LogP contribution >= 0.6 is 0 Å². The van der Waals surface area contributed by atoms with Crippen LogP contribution in [0.25, 0.3) is 0 Å². The molecule has 1 atom stereocenters. The van der Waals surface area contributed by atoms with Crippen molar-refractivity contribution < 1.29 is 22.7 Å². The van der Waals surface area contributed by atoms with Gasteiger partial charge in [0, 0.05) is 18.9 Å². The Hall–Kier alpha value is -2.09. The van der Waals surface area contributed by atoms with E-state index in [4.69, 9.17) is 4.74 Å². The number of benzene rings is 1. The van der Waals surface area contributed by atoms with Crippen molar-refractivity contribution in [1.29, 1.82) is 0 Å². The van der Waals surface area contributed by atoms with E-state index in [-0.39, 0.29) is 16.7 Å². The maximum absolute atomic E-state index is 12.9. The fourth-order valence-corrected chi connectivity index (χ4v) is 5.47. The zero-order valence-corrected chi connectivity index (χ0v) is 16.9. The van der Waals surface area contributed by atoms with Crippen molar-refractivity contribution in [3.8, 4) is 5.75 Å². The fraction of sp³-hybridized carbons (Fsp3) is 0.600. The fourth-order valence-electron chi connectivity index (χ4n) is 4.34. The molecule has 1 aliphatic carbocycles. The maximum atomic E-state index is 12.9. The predicted molar refractivity (Wildman–Crippen MR) is 102 cm³/mol. The molecule has 2 amide bonds. The van der Waals surface area contributed by atoms with E-state index in [1.165, 1.54) is 6.07 Å². The highest BCUT2D eigenvalue weighted by Gasteiger charge is 2.51. The Labute approximate surface area is 165 Å². The highest BCUT2D eigenvalue weighted by Crippen LogP contribution is 2.36. The molecule has 7 nitrogen and oxygen atoms in total. The van der Waals surface area contributed by atoms with Gasteiger partial charge in [-0.1, -0.05) is 19.3 Å². The molecule has 1 aromatic carbocycles. The molecule has 0 bridgehead atoms. The van der Waals surface area contributed by atoms with Gasteiger partial charge in [-0.3, -0.25) is 9.59 Å². The first-order valence-electron chi connectivity index (χ1n) is 9.96. The number of hydrogen-bond acceptors (Lipinski definition) is 5. The lowest BCUT2D eigenvalue weighted by molar-refractivity contribution is -0.160. The molecule has 1 aromatic rings. The van der Waals surface area contributed by atoms with E-state index in [0.29, 0.717) is 31.7 Å². The van der Waals surface area contributed by atoms with Crippen molar-refractivity contribution in [3.05, 3.63) is 23.8 Å². The molecule has 2 fully saturated rings. The van der Waals surface area contributed by atoms with Gasteiger partial charge in [0.2, 0.25) is 5.91 Å². The molecular formula is C20H26N2O5S. The van der Waals surface area contributed by atoms with Gasteiger partial charge in [0.05, 0.1) is 11.5 Å². The zero-order chi connectivity index (χ0) is 19.9. The van der Waals surface area contributed by atoms with E-state index in [2.05, 4.69) is 4.72 Å². The Morgan fingerprint density at radius 1 is 1.21 bits per heavy atom. The van der Waals surface area contributed by atoms with E-state index in [1.807, 2.05) is 0 Å². The second kappa shape index (κ2) is 7.06. The van der Waals surface area contributed by atoms with E-state index < -0.39 is 21.5 Å². The Bertz CT molecular complexity index is 907. The van der Waals surface area contributed by atoms with Crippen LogP contribution in [-0.2, 0) is 26.0 Å². The third kappa shape index (κ3) is 3.27. The van der Waals surface area contributed by atoms with Gasteiger partial charge in [0.1, 0.15) is 11.3 Å². The molecule has 1 unspecified atom stereocenters. The first-order chi connectivity index (χ1) is 13.3. The smallest absolute Gasteiger partial charge is 0.264 e. The van der Waals surface area contributed by atoms with Gasteiger partial charge in [-0.25, -0.2) is 13.1 Å². The van der Waals surface area contributed by atoms with Crippen LogP contribution in [0.5, 0.6) is 5.75 Å². The van der Waals surface area contributed by atoms with Crippen molar-refractivity contribution >= 4 is 21.8 Å². The van der Waals surface area contributed by atoms with Crippen LogP contribution in [0.4, 0.5) is 0 Å². The van der Waals surface area contributed by atoms with Gasteiger partial charge in [-0.15, -0.1) is 0 Å². The van der Waals surface area contributed by atoms with Crippen LogP contribution in [-0.4, -0.2) is 43.8 Å². The Balaban J connectivity index is 1.48.